The van der Waals surface area contributed by atoms with E-state index in [-0.39, 0.29) is 11.5 Å². The summed E-state index contributed by atoms with van der Waals surface area (Å²) in [5.41, 5.74) is 1.31. The van der Waals surface area contributed by atoms with E-state index in [4.69, 9.17) is 4.74 Å². The number of ether oxygens (including phenoxy) is 1. The molecule has 3 rings (SSSR count). The quantitative estimate of drug-likeness (QED) is 0.590. The van der Waals surface area contributed by atoms with Crippen molar-refractivity contribution < 1.29 is 17.9 Å². The maximum atomic E-state index is 12.7. The molecule has 0 saturated carbocycles. The van der Waals surface area contributed by atoms with Crippen molar-refractivity contribution in [2.45, 2.75) is 36.0 Å². The monoisotopic (exact) mass is 397 g/mol. The van der Waals surface area contributed by atoms with Crippen LogP contribution in [-0.4, -0.2) is 27.2 Å². The van der Waals surface area contributed by atoms with Gasteiger partial charge in [0.25, 0.3) is 10.0 Å². The Morgan fingerprint density at radius 3 is 2.64 bits per heavy atom. The highest BCUT2D eigenvalue weighted by molar-refractivity contribution is 7.98. The predicted octanol–water partition coefficient (Wildman–Crippen LogP) is 3.94. The standard InChI is InChI=1S/C17H19NO4S3/c1-3-22-17(19)15-13-5-4-6-14(13)24-16(15)18-25(20,21)12-9-7-11(23-2)8-10-12/h7-10,18H,3-6H2,1-2H3. The summed E-state index contributed by atoms with van der Waals surface area (Å²) in [4.78, 5) is 14.6. The summed E-state index contributed by atoms with van der Waals surface area (Å²) in [5.74, 6) is -0.461. The van der Waals surface area contributed by atoms with E-state index in [1.807, 2.05) is 6.26 Å². The number of nitrogens with one attached hydrogen (secondary N) is 1. The number of thiophene rings is 1. The second-order valence-electron chi connectivity index (χ2n) is 5.56. The number of hydrogen-bond acceptors (Lipinski definition) is 6. The van der Waals surface area contributed by atoms with Gasteiger partial charge in [0, 0.05) is 9.77 Å². The molecule has 0 saturated heterocycles. The van der Waals surface area contributed by atoms with E-state index in [1.165, 1.54) is 11.3 Å². The average Bonchev–Trinajstić information content (AvgIpc) is 3.15. The number of thioether (sulfide) groups is 1. The lowest BCUT2D eigenvalue weighted by Crippen LogP contribution is -2.15. The number of sulfonamides is 1. The molecule has 134 valence electrons. The van der Waals surface area contributed by atoms with Crippen LogP contribution in [0.4, 0.5) is 5.00 Å². The minimum absolute atomic E-state index is 0.175. The number of carbonyl (C=O) groups excluding carboxylic acids is 1. The minimum Gasteiger partial charge on any atom is -0.462 e. The van der Waals surface area contributed by atoms with Crippen LogP contribution in [-0.2, 0) is 27.6 Å². The van der Waals surface area contributed by atoms with Crippen LogP contribution in [0.2, 0.25) is 0 Å². The van der Waals surface area contributed by atoms with Gasteiger partial charge in [0.1, 0.15) is 5.00 Å². The molecule has 5 nitrogen and oxygen atoms in total. The Balaban J connectivity index is 1.95. The molecule has 0 atom stereocenters. The first-order chi connectivity index (χ1) is 12.0. The van der Waals surface area contributed by atoms with E-state index in [2.05, 4.69) is 4.72 Å². The van der Waals surface area contributed by atoms with Crippen LogP contribution in [0.25, 0.3) is 0 Å². The van der Waals surface area contributed by atoms with Crippen LogP contribution < -0.4 is 4.72 Å². The molecule has 0 spiro atoms. The average molecular weight is 398 g/mol. The minimum atomic E-state index is -3.75. The summed E-state index contributed by atoms with van der Waals surface area (Å²) in [6.07, 6.45) is 4.57. The highest BCUT2D eigenvalue weighted by atomic mass is 32.2. The summed E-state index contributed by atoms with van der Waals surface area (Å²) in [7, 11) is -3.75. The smallest absolute Gasteiger partial charge is 0.341 e. The molecule has 1 aliphatic rings. The first-order valence-electron chi connectivity index (χ1n) is 7.94. The lowest BCUT2D eigenvalue weighted by molar-refractivity contribution is 0.0527. The van der Waals surface area contributed by atoms with Crippen molar-refractivity contribution in [1.29, 1.82) is 0 Å². The highest BCUT2D eigenvalue weighted by Crippen LogP contribution is 2.40. The number of benzene rings is 1. The Labute approximate surface area is 155 Å². The maximum absolute atomic E-state index is 12.7. The van der Waals surface area contributed by atoms with Crippen molar-refractivity contribution >= 4 is 44.1 Å². The molecule has 0 fully saturated rings. The van der Waals surface area contributed by atoms with Crippen molar-refractivity contribution in [2.24, 2.45) is 0 Å². The predicted molar refractivity (Wildman–Crippen MR) is 101 cm³/mol. The third kappa shape index (κ3) is 3.70. The summed E-state index contributed by atoms with van der Waals surface area (Å²) < 4.78 is 33.1. The summed E-state index contributed by atoms with van der Waals surface area (Å²) in [5, 5.41) is 0.358. The first-order valence-corrected chi connectivity index (χ1v) is 11.5. The van der Waals surface area contributed by atoms with Gasteiger partial charge >= 0.3 is 5.97 Å². The third-order valence-electron chi connectivity index (χ3n) is 4.00. The number of fused-ring (bicyclic) bond motifs is 1. The molecule has 0 unspecified atom stereocenters. The molecule has 1 heterocycles. The van der Waals surface area contributed by atoms with E-state index in [9.17, 15) is 13.2 Å². The summed E-state index contributed by atoms with van der Waals surface area (Å²) in [6.45, 7) is 1.99. The number of aryl methyl sites for hydroxylation is 1. The molecule has 1 aliphatic carbocycles. The first kappa shape index (κ1) is 18.3. The zero-order chi connectivity index (χ0) is 18.0. The van der Waals surface area contributed by atoms with Crippen LogP contribution in [0, 0.1) is 0 Å². The SMILES string of the molecule is CCOC(=O)c1c(NS(=O)(=O)c2ccc(SC)cc2)sc2c1CCC2. The van der Waals surface area contributed by atoms with Gasteiger partial charge in [0.05, 0.1) is 17.1 Å². The second-order valence-corrected chi connectivity index (χ2v) is 9.23. The van der Waals surface area contributed by atoms with Crippen molar-refractivity contribution in [3.8, 4) is 0 Å². The topological polar surface area (TPSA) is 72.5 Å². The van der Waals surface area contributed by atoms with E-state index in [0.29, 0.717) is 10.6 Å². The van der Waals surface area contributed by atoms with Crippen molar-refractivity contribution in [1.82, 2.24) is 0 Å². The van der Waals surface area contributed by atoms with Gasteiger partial charge in [-0.25, -0.2) is 13.2 Å². The van der Waals surface area contributed by atoms with Gasteiger partial charge < -0.3 is 4.74 Å². The molecule has 0 bridgehead atoms. The highest BCUT2D eigenvalue weighted by Gasteiger charge is 2.29. The Morgan fingerprint density at radius 2 is 2.00 bits per heavy atom. The zero-order valence-electron chi connectivity index (χ0n) is 14.0. The molecule has 2 aromatic rings. The Kier molecular flexibility index (Phi) is 5.41. The molecule has 25 heavy (non-hydrogen) atoms. The fourth-order valence-corrected chi connectivity index (χ4v) is 5.82. The van der Waals surface area contributed by atoms with Crippen LogP contribution >= 0.6 is 23.1 Å². The van der Waals surface area contributed by atoms with E-state index in [0.717, 1.165) is 34.6 Å². The molecule has 8 heteroatoms. The van der Waals surface area contributed by atoms with Gasteiger partial charge in [-0.2, -0.15) is 0 Å². The normalized spacial score (nSPS) is 13.5. The van der Waals surface area contributed by atoms with Gasteiger partial charge in [-0.3, -0.25) is 4.72 Å². The number of hydrogen-bond donors (Lipinski definition) is 1. The maximum Gasteiger partial charge on any atom is 0.341 e. The Morgan fingerprint density at radius 1 is 1.28 bits per heavy atom. The fraction of sp³-hybridized carbons (Fsp3) is 0.353. The van der Waals surface area contributed by atoms with Gasteiger partial charge in [-0.15, -0.1) is 23.1 Å². The van der Waals surface area contributed by atoms with Crippen molar-refractivity contribution in [3.05, 3.63) is 40.3 Å². The number of esters is 1. The zero-order valence-corrected chi connectivity index (χ0v) is 16.4. The molecule has 1 aromatic carbocycles. The van der Waals surface area contributed by atoms with E-state index < -0.39 is 16.0 Å². The lowest BCUT2D eigenvalue weighted by Gasteiger charge is -2.10. The van der Waals surface area contributed by atoms with Crippen LogP contribution in [0.3, 0.4) is 0 Å². The Hall–Kier alpha value is -1.51. The number of rotatable bonds is 6. The summed E-state index contributed by atoms with van der Waals surface area (Å²) in [6, 6.07) is 6.67. The lowest BCUT2D eigenvalue weighted by atomic mass is 10.1. The van der Waals surface area contributed by atoms with Crippen molar-refractivity contribution in [3.63, 3.8) is 0 Å². The molecular weight excluding hydrogens is 378 g/mol. The van der Waals surface area contributed by atoms with E-state index in [1.54, 1.807) is 43.0 Å². The van der Waals surface area contributed by atoms with Crippen molar-refractivity contribution in [2.75, 3.05) is 17.6 Å². The van der Waals surface area contributed by atoms with Crippen LogP contribution in [0.1, 0.15) is 34.1 Å². The molecular formula is C17H19NO4S3. The van der Waals surface area contributed by atoms with Crippen LogP contribution in [0.15, 0.2) is 34.1 Å². The molecule has 1 aromatic heterocycles. The summed E-state index contributed by atoms with van der Waals surface area (Å²) >= 11 is 2.88. The molecule has 0 amide bonds. The van der Waals surface area contributed by atoms with Gasteiger partial charge in [-0.05, 0) is 62.3 Å². The molecule has 1 N–H and O–H groups in total. The largest absolute Gasteiger partial charge is 0.462 e. The van der Waals surface area contributed by atoms with Crippen LogP contribution in [0.5, 0.6) is 0 Å². The molecule has 0 aliphatic heterocycles. The third-order valence-corrected chi connectivity index (χ3v) is 7.44. The number of carbonyl (C=O) groups is 1. The van der Waals surface area contributed by atoms with Gasteiger partial charge in [0.15, 0.2) is 0 Å². The second kappa shape index (κ2) is 7.39. The van der Waals surface area contributed by atoms with Gasteiger partial charge in [0.2, 0.25) is 0 Å². The van der Waals surface area contributed by atoms with Gasteiger partial charge in [-0.1, -0.05) is 0 Å². The fourth-order valence-electron chi connectivity index (χ4n) is 2.83. The number of anilines is 1. The molecule has 0 radical (unpaired) electrons. The van der Waals surface area contributed by atoms with E-state index >= 15 is 0 Å². The Bertz CT molecular complexity index is 885.